The molecule has 1 amide bonds. The largest absolute Gasteiger partial charge is 0.422 e. The summed E-state index contributed by atoms with van der Waals surface area (Å²) in [7, 11) is 0. The van der Waals surface area contributed by atoms with E-state index in [1.165, 1.54) is 24.3 Å². The molecule has 0 bridgehead atoms. The number of fused-ring (bicyclic) bond motifs is 1. The number of nitro groups is 1. The van der Waals surface area contributed by atoms with Crippen LogP contribution in [0.4, 0.5) is 11.4 Å². The summed E-state index contributed by atoms with van der Waals surface area (Å²) in [6.07, 6.45) is 0. The van der Waals surface area contributed by atoms with Crippen LogP contribution in [0.25, 0.3) is 11.0 Å². The molecule has 3 aromatic rings. The van der Waals surface area contributed by atoms with E-state index in [1.807, 2.05) is 6.92 Å². The van der Waals surface area contributed by atoms with Crippen LogP contribution < -0.4 is 10.9 Å². The monoisotopic (exact) mass is 358 g/mol. The number of amides is 1. The maximum atomic E-state index is 12.3. The number of hydrogen-bond acceptors (Lipinski definition) is 5. The lowest BCUT2D eigenvalue weighted by Gasteiger charge is -2.07. The number of hydrogen-bond donors (Lipinski definition) is 1. The fourth-order valence-electron chi connectivity index (χ4n) is 2.25. The van der Waals surface area contributed by atoms with Crippen LogP contribution in [-0.2, 0) is 0 Å². The molecule has 0 spiro atoms. The lowest BCUT2D eigenvalue weighted by molar-refractivity contribution is -0.384. The Bertz CT molecular complexity index is 1070. The van der Waals surface area contributed by atoms with Gasteiger partial charge in [-0.3, -0.25) is 14.9 Å². The fraction of sp³-hybridized carbons (Fsp3) is 0.0588. The van der Waals surface area contributed by atoms with Crippen LogP contribution in [-0.4, -0.2) is 10.8 Å². The van der Waals surface area contributed by atoms with E-state index in [0.717, 1.165) is 5.56 Å². The van der Waals surface area contributed by atoms with Gasteiger partial charge in [-0.15, -0.1) is 0 Å². The molecule has 0 saturated carbocycles. The van der Waals surface area contributed by atoms with Crippen LogP contribution in [0, 0.1) is 17.0 Å². The topological polar surface area (TPSA) is 102 Å². The first-order valence-electron chi connectivity index (χ1n) is 7.15. The summed E-state index contributed by atoms with van der Waals surface area (Å²) < 4.78 is 5.06. The molecule has 1 aromatic heterocycles. The zero-order chi connectivity index (χ0) is 18.1. The van der Waals surface area contributed by atoms with Crippen LogP contribution >= 0.6 is 11.6 Å². The molecule has 2 aromatic carbocycles. The highest BCUT2D eigenvalue weighted by atomic mass is 35.5. The van der Waals surface area contributed by atoms with Crippen LogP contribution in [0.1, 0.15) is 15.9 Å². The predicted octanol–water partition coefficient (Wildman–Crippen LogP) is 3.92. The lowest BCUT2D eigenvalue weighted by atomic mass is 10.1. The van der Waals surface area contributed by atoms with E-state index >= 15 is 0 Å². The number of halogens is 1. The highest BCUT2D eigenvalue weighted by Crippen LogP contribution is 2.22. The van der Waals surface area contributed by atoms with Gasteiger partial charge in [0.15, 0.2) is 0 Å². The quantitative estimate of drug-likeness (QED) is 0.434. The van der Waals surface area contributed by atoms with Crippen molar-refractivity contribution in [3.05, 3.63) is 79.1 Å². The number of aryl methyl sites for hydroxylation is 1. The van der Waals surface area contributed by atoms with E-state index in [0.29, 0.717) is 10.7 Å². The Hall–Kier alpha value is -3.19. The predicted molar refractivity (Wildman–Crippen MR) is 93.3 cm³/mol. The third-order valence-corrected chi connectivity index (χ3v) is 4.01. The number of carbonyl (C=O) groups excluding carboxylic acids is 1. The van der Waals surface area contributed by atoms with Crippen molar-refractivity contribution in [2.24, 2.45) is 0 Å². The van der Waals surface area contributed by atoms with Gasteiger partial charge in [-0.05, 0) is 36.8 Å². The van der Waals surface area contributed by atoms with Crippen molar-refractivity contribution in [2.45, 2.75) is 6.92 Å². The Morgan fingerprint density at radius 3 is 2.64 bits per heavy atom. The van der Waals surface area contributed by atoms with Gasteiger partial charge in [0.1, 0.15) is 11.1 Å². The normalized spacial score (nSPS) is 10.6. The summed E-state index contributed by atoms with van der Waals surface area (Å²) in [5.74, 6) is -0.693. The molecule has 0 aliphatic heterocycles. The zero-order valence-corrected chi connectivity index (χ0v) is 13.7. The van der Waals surface area contributed by atoms with E-state index in [9.17, 15) is 19.7 Å². The zero-order valence-electron chi connectivity index (χ0n) is 12.9. The maximum absolute atomic E-state index is 12.3. The van der Waals surface area contributed by atoms with Crippen molar-refractivity contribution in [1.82, 2.24) is 0 Å². The summed E-state index contributed by atoms with van der Waals surface area (Å²) >= 11 is 6.00. The van der Waals surface area contributed by atoms with Crippen LogP contribution in [0.15, 0.2) is 51.7 Å². The molecule has 8 heteroatoms. The van der Waals surface area contributed by atoms with Crippen molar-refractivity contribution < 1.29 is 14.1 Å². The van der Waals surface area contributed by atoms with Gasteiger partial charge in [0.05, 0.1) is 4.92 Å². The first kappa shape index (κ1) is 16.7. The SMILES string of the molecule is Cc1ccc(NC(=O)c2cc3cc([N+](=O)[O-])ccc3oc2=O)cc1Cl. The van der Waals surface area contributed by atoms with Gasteiger partial charge in [-0.2, -0.15) is 0 Å². The number of nitrogens with zero attached hydrogens (tertiary/aromatic N) is 1. The van der Waals surface area contributed by atoms with Gasteiger partial charge in [0, 0.05) is 28.2 Å². The van der Waals surface area contributed by atoms with Crippen LogP contribution in [0.5, 0.6) is 0 Å². The highest BCUT2D eigenvalue weighted by molar-refractivity contribution is 6.31. The van der Waals surface area contributed by atoms with Crippen molar-refractivity contribution in [1.29, 1.82) is 0 Å². The van der Waals surface area contributed by atoms with E-state index in [-0.39, 0.29) is 22.2 Å². The Balaban J connectivity index is 1.99. The fourth-order valence-corrected chi connectivity index (χ4v) is 2.43. The maximum Gasteiger partial charge on any atom is 0.349 e. The molecular weight excluding hydrogens is 348 g/mol. The smallest absolute Gasteiger partial charge is 0.349 e. The van der Waals surface area contributed by atoms with Crippen molar-refractivity contribution in [2.75, 3.05) is 5.32 Å². The number of rotatable bonds is 3. The number of nitro benzene ring substituents is 1. The molecule has 25 heavy (non-hydrogen) atoms. The molecule has 7 nitrogen and oxygen atoms in total. The molecule has 0 unspecified atom stereocenters. The molecule has 0 aliphatic carbocycles. The van der Waals surface area contributed by atoms with Gasteiger partial charge in [0.2, 0.25) is 0 Å². The lowest BCUT2D eigenvalue weighted by Crippen LogP contribution is -2.20. The summed E-state index contributed by atoms with van der Waals surface area (Å²) in [5, 5.41) is 14.2. The molecule has 126 valence electrons. The molecule has 0 fully saturated rings. The molecule has 0 radical (unpaired) electrons. The number of anilines is 1. The van der Waals surface area contributed by atoms with Crippen molar-refractivity contribution >= 4 is 39.9 Å². The van der Waals surface area contributed by atoms with Gasteiger partial charge in [0.25, 0.3) is 11.6 Å². The molecule has 0 saturated heterocycles. The van der Waals surface area contributed by atoms with E-state index in [2.05, 4.69) is 5.32 Å². The Morgan fingerprint density at radius 2 is 1.96 bits per heavy atom. The minimum Gasteiger partial charge on any atom is -0.422 e. The first-order chi connectivity index (χ1) is 11.8. The molecule has 1 heterocycles. The van der Waals surface area contributed by atoms with Crippen molar-refractivity contribution in [3.63, 3.8) is 0 Å². The van der Waals surface area contributed by atoms with E-state index < -0.39 is 16.5 Å². The van der Waals surface area contributed by atoms with E-state index in [4.69, 9.17) is 16.0 Å². The van der Waals surface area contributed by atoms with Crippen LogP contribution in [0.2, 0.25) is 5.02 Å². The summed E-state index contributed by atoms with van der Waals surface area (Å²) in [5.41, 5.74) is 0.154. The molecule has 1 N–H and O–H groups in total. The Labute approximate surface area is 146 Å². The highest BCUT2D eigenvalue weighted by Gasteiger charge is 2.16. The van der Waals surface area contributed by atoms with E-state index in [1.54, 1.807) is 18.2 Å². The molecular formula is C17H11ClN2O5. The minimum absolute atomic E-state index is 0.158. The molecule has 0 atom stereocenters. The average Bonchev–Trinajstić information content (AvgIpc) is 2.57. The number of carbonyl (C=O) groups is 1. The minimum atomic E-state index is -0.836. The molecule has 3 rings (SSSR count). The second-order valence-electron chi connectivity index (χ2n) is 5.34. The summed E-state index contributed by atoms with van der Waals surface area (Å²) in [4.78, 5) is 34.6. The van der Waals surface area contributed by atoms with Gasteiger partial charge < -0.3 is 9.73 Å². The van der Waals surface area contributed by atoms with Gasteiger partial charge in [-0.1, -0.05) is 17.7 Å². The molecule has 0 aliphatic rings. The van der Waals surface area contributed by atoms with Gasteiger partial charge >= 0.3 is 5.63 Å². The van der Waals surface area contributed by atoms with Gasteiger partial charge in [-0.25, -0.2) is 4.79 Å². The number of nitrogens with one attached hydrogen (secondary N) is 1. The second-order valence-corrected chi connectivity index (χ2v) is 5.75. The average molecular weight is 359 g/mol. The van der Waals surface area contributed by atoms with Crippen LogP contribution in [0.3, 0.4) is 0 Å². The Kier molecular flexibility index (Phi) is 4.24. The third-order valence-electron chi connectivity index (χ3n) is 3.60. The number of non-ortho nitro benzene ring substituents is 1. The summed E-state index contributed by atoms with van der Waals surface area (Å²) in [6.45, 7) is 1.82. The number of benzene rings is 2. The standard InChI is InChI=1S/C17H11ClN2O5/c1-9-2-3-11(8-14(9)18)19-16(21)13-7-10-6-12(20(23)24)4-5-15(10)25-17(13)22/h2-8H,1H3,(H,19,21). The van der Waals surface area contributed by atoms with Crippen molar-refractivity contribution in [3.8, 4) is 0 Å². The first-order valence-corrected chi connectivity index (χ1v) is 7.53. The third kappa shape index (κ3) is 3.36. The summed E-state index contributed by atoms with van der Waals surface area (Å²) in [6, 6.07) is 9.96. The Morgan fingerprint density at radius 1 is 1.20 bits per heavy atom. The second kappa shape index (κ2) is 6.37.